The second-order valence-electron chi connectivity index (χ2n) is 6.47. The Balaban J connectivity index is 1.83. The molecule has 0 amide bonds. The lowest BCUT2D eigenvalue weighted by molar-refractivity contribution is 0.415. The van der Waals surface area contributed by atoms with Crippen LogP contribution in [0.25, 0.3) is 0 Å². The van der Waals surface area contributed by atoms with E-state index in [-0.39, 0.29) is 5.82 Å². The maximum Gasteiger partial charge on any atom is 0.154 e. The molecule has 1 heterocycles. The van der Waals surface area contributed by atoms with Crippen LogP contribution in [0.4, 0.5) is 10.1 Å². The van der Waals surface area contributed by atoms with Crippen molar-refractivity contribution in [2.75, 3.05) is 7.11 Å². The summed E-state index contributed by atoms with van der Waals surface area (Å²) in [5, 5.41) is 4.60. The van der Waals surface area contributed by atoms with Gasteiger partial charge in [0.15, 0.2) is 5.84 Å². The fourth-order valence-corrected chi connectivity index (χ4v) is 3.10. The van der Waals surface area contributed by atoms with E-state index in [2.05, 4.69) is 29.6 Å². The van der Waals surface area contributed by atoms with Crippen molar-refractivity contribution in [1.29, 1.82) is 0 Å². The number of hydrogen-bond acceptors (Lipinski definition) is 4. The normalized spacial score (nSPS) is 13.0. The zero-order valence-corrected chi connectivity index (χ0v) is 15.7. The van der Waals surface area contributed by atoms with Gasteiger partial charge in [-0.3, -0.25) is 5.43 Å². The van der Waals surface area contributed by atoms with E-state index in [1.165, 1.54) is 17.7 Å². The molecule has 5 heteroatoms. The van der Waals surface area contributed by atoms with Crippen molar-refractivity contribution in [3.8, 4) is 5.75 Å². The van der Waals surface area contributed by atoms with Gasteiger partial charge in [0.2, 0.25) is 0 Å². The summed E-state index contributed by atoms with van der Waals surface area (Å²) in [4.78, 5) is 4.79. The predicted molar refractivity (Wildman–Crippen MR) is 110 cm³/mol. The van der Waals surface area contributed by atoms with Crippen LogP contribution in [0.2, 0.25) is 0 Å². The van der Waals surface area contributed by atoms with Gasteiger partial charge in [-0.15, -0.1) is 0 Å². The number of halogens is 1. The third-order valence-corrected chi connectivity index (χ3v) is 4.72. The van der Waals surface area contributed by atoms with Crippen LogP contribution in [0.1, 0.15) is 29.2 Å². The highest BCUT2D eigenvalue weighted by Crippen LogP contribution is 2.29. The Morgan fingerprint density at radius 3 is 2.32 bits per heavy atom. The van der Waals surface area contributed by atoms with Crippen molar-refractivity contribution in [2.24, 2.45) is 10.1 Å². The summed E-state index contributed by atoms with van der Waals surface area (Å²) >= 11 is 0. The number of hydrogen-bond donors (Lipinski definition) is 1. The van der Waals surface area contributed by atoms with Crippen molar-refractivity contribution in [2.45, 2.75) is 13.3 Å². The van der Waals surface area contributed by atoms with Crippen molar-refractivity contribution in [3.63, 3.8) is 0 Å². The van der Waals surface area contributed by atoms with Crippen LogP contribution in [0.3, 0.4) is 0 Å². The lowest BCUT2D eigenvalue weighted by Gasteiger charge is -2.09. The molecule has 0 fully saturated rings. The Morgan fingerprint density at radius 2 is 1.64 bits per heavy atom. The van der Waals surface area contributed by atoms with Crippen molar-refractivity contribution in [1.82, 2.24) is 5.43 Å². The Hall–Kier alpha value is -3.47. The fraction of sp³-hybridized carbons (Fsp3) is 0.130. The van der Waals surface area contributed by atoms with Crippen LogP contribution in [0, 0.1) is 5.82 Å². The van der Waals surface area contributed by atoms with E-state index < -0.39 is 0 Å². The third-order valence-electron chi connectivity index (χ3n) is 4.72. The molecule has 4 rings (SSSR count). The van der Waals surface area contributed by atoms with Gasteiger partial charge in [-0.05, 0) is 54.4 Å². The second kappa shape index (κ2) is 7.64. The molecule has 0 saturated heterocycles. The van der Waals surface area contributed by atoms with Crippen LogP contribution in [0.15, 0.2) is 76.8 Å². The Labute approximate surface area is 163 Å². The van der Waals surface area contributed by atoms with Gasteiger partial charge in [0.05, 0.1) is 12.8 Å². The molecule has 3 aromatic rings. The number of hydrazone groups is 1. The van der Waals surface area contributed by atoms with Gasteiger partial charge < -0.3 is 4.74 Å². The quantitative estimate of drug-likeness (QED) is 0.712. The number of rotatable bonds is 4. The number of amidine groups is 1. The van der Waals surface area contributed by atoms with Gasteiger partial charge in [0.1, 0.15) is 17.3 Å². The van der Waals surface area contributed by atoms with Crippen molar-refractivity contribution >= 4 is 17.2 Å². The summed E-state index contributed by atoms with van der Waals surface area (Å²) in [5.41, 5.74) is 8.35. The summed E-state index contributed by atoms with van der Waals surface area (Å²) in [6.45, 7) is 2.12. The zero-order chi connectivity index (χ0) is 19.5. The number of benzene rings is 3. The van der Waals surface area contributed by atoms with E-state index in [1.54, 1.807) is 19.2 Å². The highest BCUT2D eigenvalue weighted by molar-refractivity contribution is 6.18. The van der Waals surface area contributed by atoms with Crippen molar-refractivity contribution in [3.05, 3.63) is 94.8 Å². The van der Waals surface area contributed by atoms with E-state index in [1.807, 2.05) is 30.3 Å². The molecule has 1 N–H and O–H groups in total. The Bertz CT molecular complexity index is 1050. The monoisotopic (exact) mass is 373 g/mol. The average Bonchev–Trinajstić information content (AvgIpc) is 2.93. The molecule has 1 aliphatic heterocycles. The predicted octanol–water partition coefficient (Wildman–Crippen LogP) is 4.83. The standard InChI is InChI=1S/C23H20FN3O/c1-3-15-4-6-17(7-5-15)23-25-21-13-12-19(28-2)14-20(21)22(26-27-23)16-8-10-18(24)11-9-16/h4-14H,3H2,1-2H3,(H,25,27). The zero-order valence-electron chi connectivity index (χ0n) is 15.7. The molecule has 0 bridgehead atoms. The van der Waals surface area contributed by atoms with Gasteiger partial charge in [-0.25, -0.2) is 9.38 Å². The van der Waals surface area contributed by atoms with Gasteiger partial charge in [-0.2, -0.15) is 5.10 Å². The third kappa shape index (κ3) is 3.51. The average molecular weight is 373 g/mol. The van der Waals surface area contributed by atoms with Crippen molar-refractivity contribution < 1.29 is 9.13 Å². The second-order valence-corrected chi connectivity index (χ2v) is 6.47. The first-order chi connectivity index (χ1) is 13.7. The summed E-state index contributed by atoms with van der Waals surface area (Å²) in [7, 11) is 1.62. The number of aliphatic imine (C=N–C) groups is 1. The first kappa shape index (κ1) is 17.9. The lowest BCUT2D eigenvalue weighted by atomic mass is 10.0. The van der Waals surface area contributed by atoms with E-state index in [0.717, 1.165) is 28.8 Å². The number of nitrogens with one attached hydrogen (secondary N) is 1. The molecule has 0 spiro atoms. The molecular formula is C23H20FN3O. The minimum Gasteiger partial charge on any atom is -0.497 e. The molecule has 1 aliphatic rings. The number of methoxy groups -OCH3 is 1. The van der Waals surface area contributed by atoms with E-state index >= 15 is 0 Å². The fourth-order valence-electron chi connectivity index (χ4n) is 3.10. The number of ether oxygens (including phenoxy) is 1. The summed E-state index contributed by atoms with van der Waals surface area (Å²) < 4.78 is 18.8. The first-order valence-corrected chi connectivity index (χ1v) is 9.14. The summed E-state index contributed by atoms with van der Waals surface area (Å²) in [5.74, 6) is 1.08. The van der Waals surface area contributed by atoms with Gasteiger partial charge in [-0.1, -0.05) is 31.2 Å². The van der Waals surface area contributed by atoms with Crippen LogP contribution in [0.5, 0.6) is 5.75 Å². The maximum atomic E-state index is 13.4. The van der Waals surface area contributed by atoms with Crippen LogP contribution >= 0.6 is 0 Å². The van der Waals surface area contributed by atoms with Crippen LogP contribution in [-0.4, -0.2) is 18.7 Å². The Kier molecular flexibility index (Phi) is 4.89. The van der Waals surface area contributed by atoms with E-state index in [4.69, 9.17) is 9.73 Å². The number of nitrogens with zero attached hydrogens (tertiary/aromatic N) is 2. The van der Waals surface area contributed by atoms with E-state index in [0.29, 0.717) is 17.3 Å². The molecule has 0 atom stereocenters. The minimum atomic E-state index is -0.287. The highest BCUT2D eigenvalue weighted by Gasteiger charge is 2.18. The minimum absolute atomic E-state index is 0.287. The van der Waals surface area contributed by atoms with Gasteiger partial charge in [0, 0.05) is 16.7 Å². The molecule has 0 aromatic heterocycles. The van der Waals surface area contributed by atoms with Gasteiger partial charge in [0.25, 0.3) is 0 Å². The van der Waals surface area contributed by atoms with E-state index in [9.17, 15) is 4.39 Å². The SMILES string of the molecule is CCc1ccc(C2=Nc3ccc(OC)cc3C(c3ccc(F)cc3)=NN2)cc1. The largest absolute Gasteiger partial charge is 0.497 e. The van der Waals surface area contributed by atoms with Crippen LogP contribution in [-0.2, 0) is 6.42 Å². The summed E-state index contributed by atoms with van der Waals surface area (Å²) in [6, 6.07) is 20.2. The lowest BCUT2D eigenvalue weighted by Crippen LogP contribution is -2.19. The number of aryl methyl sites for hydroxylation is 1. The molecule has 3 aromatic carbocycles. The molecule has 4 nitrogen and oxygen atoms in total. The van der Waals surface area contributed by atoms with Crippen LogP contribution < -0.4 is 10.2 Å². The molecule has 140 valence electrons. The molecule has 0 aliphatic carbocycles. The van der Waals surface area contributed by atoms with Gasteiger partial charge >= 0.3 is 0 Å². The molecule has 28 heavy (non-hydrogen) atoms. The molecule has 0 unspecified atom stereocenters. The topological polar surface area (TPSA) is 46.0 Å². The Morgan fingerprint density at radius 1 is 0.929 bits per heavy atom. The smallest absolute Gasteiger partial charge is 0.154 e. The molecular weight excluding hydrogens is 353 g/mol. The number of fused-ring (bicyclic) bond motifs is 1. The molecule has 0 radical (unpaired) electrons. The highest BCUT2D eigenvalue weighted by atomic mass is 19.1. The summed E-state index contributed by atoms with van der Waals surface area (Å²) in [6.07, 6.45) is 0.982. The molecule has 0 saturated carbocycles. The maximum absolute atomic E-state index is 13.4. The first-order valence-electron chi connectivity index (χ1n) is 9.14.